The van der Waals surface area contributed by atoms with Crippen LogP contribution in [0.3, 0.4) is 0 Å². The minimum Gasteiger partial charge on any atom is -0.472 e. The van der Waals surface area contributed by atoms with Crippen molar-refractivity contribution in [3.8, 4) is 22.8 Å². The summed E-state index contributed by atoms with van der Waals surface area (Å²) in [6.45, 7) is 2.27. The summed E-state index contributed by atoms with van der Waals surface area (Å²) in [7, 11) is 4.66. The van der Waals surface area contributed by atoms with Gasteiger partial charge >= 0.3 is 0 Å². The molecule has 0 spiro atoms. The molecule has 2 N–H and O–H groups in total. The van der Waals surface area contributed by atoms with Crippen molar-refractivity contribution in [2.75, 3.05) is 39.3 Å². The van der Waals surface area contributed by atoms with Crippen LogP contribution >= 0.6 is 0 Å². The number of anilines is 1. The fraction of sp³-hybridized carbons (Fsp3) is 0.333. The van der Waals surface area contributed by atoms with Gasteiger partial charge in [0, 0.05) is 58.0 Å². The molecule has 6 aromatic rings. The Balaban J connectivity index is 1.28. The lowest BCUT2D eigenvalue weighted by atomic mass is 10.0. The first-order valence-electron chi connectivity index (χ1n) is 16.8. The predicted octanol–water partition coefficient (Wildman–Crippen LogP) is 3.90. The van der Waals surface area contributed by atoms with Gasteiger partial charge in [0.05, 0.1) is 47.5 Å². The molecule has 14 nitrogen and oxygen atoms in total. The molecule has 0 aliphatic carbocycles. The number of likely N-dealkylation sites (N-methyl/N-ethyl adjacent to an activating group) is 1. The van der Waals surface area contributed by atoms with E-state index in [0.29, 0.717) is 33.5 Å². The summed E-state index contributed by atoms with van der Waals surface area (Å²) >= 11 is 0. The zero-order valence-electron chi connectivity index (χ0n) is 29.3. The lowest BCUT2D eigenvalue weighted by molar-refractivity contribution is -0.137. The van der Waals surface area contributed by atoms with Crippen LogP contribution in [0.5, 0.6) is 5.88 Å². The molecule has 17 heteroatoms. The zero-order valence-corrected chi connectivity index (χ0v) is 29.3. The Bertz CT molecular complexity index is 2400. The molecule has 2 unspecified atom stereocenters. The van der Waals surface area contributed by atoms with Crippen LogP contribution in [0.25, 0.3) is 39.0 Å². The largest absolute Gasteiger partial charge is 0.472 e. The van der Waals surface area contributed by atoms with E-state index in [-0.39, 0.29) is 61.5 Å². The number of halogens is 3. The Labute approximate surface area is 300 Å². The normalized spacial score (nSPS) is 20.6. The van der Waals surface area contributed by atoms with Gasteiger partial charge in [-0.2, -0.15) is 5.10 Å². The molecule has 2 aliphatic rings. The Morgan fingerprint density at radius 2 is 1.83 bits per heavy atom. The third-order valence-corrected chi connectivity index (χ3v) is 9.73. The Morgan fingerprint density at radius 3 is 2.60 bits per heavy atom. The lowest BCUT2D eigenvalue weighted by Crippen LogP contribution is -2.63. The van der Waals surface area contributed by atoms with Crippen molar-refractivity contribution >= 4 is 33.8 Å². The highest BCUT2D eigenvalue weighted by Crippen LogP contribution is 2.38. The number of hydrogen-bond acceptors (Lipinski definition) is 11. The maximum absolute atomic E-state index is 15.1. The number of hydrogen-bond donors (Lipinski definition) is 1. The topological polar surface area (TPSA) is 152 Å². The summed E-state index contributed by atoms with van der Waals surface area (Å²) < 4.78 is 64.8. The number of amides is 1. The fourth-order valence-electron chi connectivity index (χ4n) is 7.31. The summed E-state index contributed by atoms with van der Waals surface area (Å²) in [4.78, 5) is 36.6. The number of fused-ring (bicyclic) bond motifs is 6. The molecule has 4 bridgehead atoms. The van der Waals surface area contributed by atoms with Crippen molar-refractivity contribution in [2.24, 2.45) is 5.73 Å². The van der Waals surface area contributed by atoms with Crippen molar-refractivity contribution in [3.63, 3.8) is 0 Å². The summed E-state index contributed by atoms with van der Waals surface area (Å²) in [6.07, 6.45) is 0.231. The van der Waals surface area contributed by atoms with E-state index in [9.17, 15) is 9.18 Å². The molecule has 1 amide bonds. The monoisotopic (exact) mass is 728 g/mol. The van der Waals surface area contributed by atoms with Crippen molar-refractivity contribution < 1.29 is 32.2 Å². The van der Waals surface area contributed by atoms with E-state index in [1.54, 1.807) is 37.3 Å². The number of nitrogens with two attached hydrogens (primary N) is 1. The molecule has 6 heterocycles. The highest BCUT2D eigenvalue weighted by atomic mass is 19.1. The molecule has 2 aliphatic heterocycles. The van der Waals surface area contributed by atoms with Crippen LogP contribution in [0.4, 0.5) is 19.0 Å². The van der Waals surface area contributed by atoms with Gasteiger partial charge in [-0.25, -0.2) is 37.8 Å². The van der Waals surface area contributed by atoms with Crippen molar-refractivity contribution in [1.82, 2.24) is 39.2 Å². The van der Waals surface area contributed by atoms with Gasteiger partial charge in [-0.05, 0) is 31.2 Å². The molecule has 4 aromatic heterocycles. The van der Waals surface area contributed by atoms with E-state index in [1.165, 1.54) is 41.1 Å². The fourth-order valence-corrected chi connectivity index (χ4v) is 7.31. The second kappa shape index (κ2) is 13.1. The van der Waals surface area contributed by atoms with Crippen molar-refractivity contribution in [3.05, 3.63) is 83.8 Å². The van der Waals surface area contributed by atoms with Crippen LogP contribution in [0.15, 0.2) is 54.7 Å². The molecular formula is C36H35F3N10O4. The first-order chi connectivity index (χ1) is 25.5. The van der Waals surface area contributed by atoms with E-state index < -0.39 is 41.2 Å². The predicted molar refractivity (Wildman–Crippen MR) is 187 cm³/mol. The third-order valence-electron chi connectivity index (χ3n) is 9.73. The van der Waals surface area contributed by atoms with Crippen molar-refractivity contribution in [1.29, 1.82) is 0 Å². The summed E-state index contributed by atoms with van der Waals surface area (Å²) in [5, 5.41) is 4.74. The van der Waals surface area contributed by atoms with Gasteiger partial charge in [0.2, 0.25) is 5.88 Å². The number of carbonyl (C=O) groups excluding carboxylic acids is 1. The average Bonchev–Trinajstić information content (AvgIpc) is 3.79. The molecule has 8 rings (SSSR count). The van der Waals surface area contributed by atoms with Gasteiger partial charge in [0.1, 0.15) is 41.7 Å². The van der Waals surface area contributed by atoms with Gasteiger partial charge < -0.3 is 34.3 Å². The minimum absolute atomic E-state index is 0.0127. The Kier molecular flexibility index (Phi) is 8.50. The SMILES string of the molecule is COCc1nc(N2CC3C[C@@]2(N)C(=O)N(C)CC(OC)Cn2c(C)nc4cc(F)cc(c42)-c2cccc(n2)O3)c2cnn(-c3ccc(F)cc3F)c2n1. The quantitative estimate of drug-likeness (QED) is 0.275. The number of aryl methyl sites for hydroxylation is 1. The second-order valence-electron chi connectivity index (χ2n) is 13.3. The van der Waals surface area contributed by atoms with E-state index >= 15 is 8.78 Å². The minimum atomic E-state index is -1.73. The number of imidazole rings is 1. The molecule has 3 atom stereocenters. The molecule has 1 fully saturated rings. The highest BCUT2D eigenvalue weighted by molar-refractivity contribution is 5.95. The summed E-state index contributed by atoms with van der Waals surface area (Å²) in [5.74, 6) is -1.22. The van der Waals surface area contributed by atoms with Crippen LogP contribution in [-0.2, 0) is 27.4 Å². The van der Waals surface area contributed by atoms with Gasteiger partial charge in [-0.15, -0.1) is 0 Å². The van der Waals surface area contributed by atoms with E-state index in [1.807, 2.05) is 11.5 Å². The number of carbonyl (C=O) groups is 1. The van der Waals surface area contributed by atoms with E-state index in [0.717, 1.165) is 12.1 Å². The lowest BCUT2D eigenvalue weighted by Gasteiger charge is -2.37. The highest BCUT2D eigenvalue weighted by Gasteiger charge is 2.52. The smallest absolute Gasteiger partial charge is 0.263 e. The first kappa shape index (κ1) is 34.4. The molecule has 1 saturated heterocycles. The number of methoxy groups -OCH3 is 2. The number of pyridine rings is 1. The first-order valence-corrected chi connectivity index (χ1v) is 16.8. The maximum atomic E-state index is 15.1. The third kappa shape index (κ3) is 5.90. The van der Waals surface area contributed by atoms with Crippen LogP contribution in [-0.4, -0.2) is 97.3 Å². The van der Waals surface area contributed by atoms with Gasteiger partial charge in [0.25, 0.3) is 5.91 Å². The molecule has 274 valence electrons. The summed E-state index contributed by atoms with van der Waals surface area (Å²) in [6, 6.07) is 11.1. The molecular weight excluding hydrogens is 693 g/mol. The average molecular weight is 729 g/mol. The zero-order chi connectivity index (χ0) is 37.2. The standard InChI is InChI=1S/C36H35F3N10O4/c1-19-42-28-12-21(38)10-24-27-6-5-7-31(43-27)53-22-13-36(40,35(50)46(2)15-23(52-4)16-47(19)32(24)28)48(17-22)33-25-14-41-49(29-9-8-20(37)11-26(29)39)34(25)45-30(44-33)18-51-3/h5-12,14,22-23H,13,15-18,40H2,1-4H3/t22?,23?,36-/m0/s1. The molecule has 53 heavy (non-hydrogen) atoms. The number of aromatic nitrogens is 7. The summed E-state index contributed by atoms with van der Waals surface area (Å²) in [5.41, 5.74) is 7.72. The number of ether oxygens (including phenoxy) is 3. The van der Waals surface area contributed by atoms with E-state index in [2.05, 4.69) is 15.1 Å². The number of benzene rings is 2. The molecule has 0 saturated carbocycles. The van der Waals surface area contributed by atoms with Crippen LogP contribution in [0, 0.1) is 24.4 Å². The molecule has 0 radical (unpaired) electrons. The van der Waals surface area contributed by atoms with Crippen LogP contribution in [0.1, 0.15) is 18.1 Å². The van der Waals surface area contributed by atoms with Crippen LogP contribution < -0.4 is 15.4 Å². The van der Waals surface area contributed by atoms with Gasteiger partial charge in [-0.3, -0.25) is 4.79 Å². The van der Waals surface area contributed by atoms with Gasteiger partial charge in [-0.1, -0.05) is 6.07 Å². The Morgan fingerprint density at radius 1 is 1.00 bits per heavy atom. The number of nitrogens with zero attached hydrogens (tertiary/aromatic N) is 9. The van der Waals surface area contributed by atoms with Crippen LogP contribution in [0.2, 0.25) is 0 Å². The number of rotatable bonds is 5. The second-order valence-corrected chi connectivity index (χ2v) is 13.3. The maximum Gasteiger partial charge on any atom is 0.263 e. The Hall–Kier alpha value is -5.65. The van der Waals surface area contributed by atoms with Crippen molar-refractivity contribution in [2.45, 2.75) is 44.4 Å². The molecule has 2 aromatic carbocycles. The van der Waals surface area contributed by atoms with E-state index in [4.69, 9.17) is 29.9 Å². The van der Waals surface area contributed by atoms with Gasteiger partial charge in [0.15, 0.2) is 23.0 Å².